The second-order valence-corrected chi connectivity index (χ2v) is 6.97. The van der Waals surface area contributed by atoms with Crippen LogP contribution in [-0.4, -0.2) is 43.8 Å². The number of aryl methyl sites for hydroxylation is 1. The van der Waals surface area contributed by atoms with Crippen LogP contribution in [0, 0.1) is 6.92 Å². The maximum atomic E-state index is 11.4. The summed E-state index contributed by atoms with van der Waals surface area (Å²) in [6, 6.07) is 8.75. The Balaban J connectivity index is 2.07. The lowest BCUT2D eigenvalue weighted by molar-refractivity contribution is 0.221. The summed E-state index contributed by atoms with van der Waals surface area (Å²) in [6.45, 7) is 6.83. The van der Waals surface area contributed by atoms with Gasteiger partial charge in [0.1, 0.15) is 0 Å². The van der Waals surface area contributed by atoms with Crippen LogP contribution < -0.4 is 5.14 Å². The lowest BCUT2D eigenvalue weighted by atomic mass is 10.0. The molecule has 20 heavy (non-hydrogen) atoms. The third-order valence-corrected chi connectivity index (χ3v) is 5.01. The zero-order valence-electron chi connectivity index (χ0n) is 12.1. The van der Waals surface area contributed by atoms with Crippen molar-refractivity contribution in [3.63, 3.8) is 0 Å². The van der Waals surface area contributed by atoms with Crippen molar-refractivity contribution in [3.05, 3.63) is 35.4 Å². The molecule has 1 atom stereocenters. The summed E-state index contributed by atoms with van der Waals surface area (Å²) in [5.74, 6) is 0. The molecule has 0 aromatic heterocycles. The molecule has 0 bridgehead atoms. The highest BCUT2D eigenvalue weighted by Gasteiger charge is 2.24. The molecule has 0 radical (unpaired) electrons. The van der Waals surface area contributed by atoms with Gasteiger partial charge in [0.25, 0.3) is 10.2 Å². The number of rotatable bonds is 3. The zero-order chi connectivity index (χ0) is 14.8. The highest BCUT2D eigenvalue weighted by molar-refractivity contribution is 7.86. The average molecular weight is 297 g/mol. The molecule has 6 heteroatoms. The molecule has 0 saturated carbocycles. The number of benzene rings is 1. The predicted octanol–water partition coefficient (Wildman–Crippen LogP) is 1.27. The Morgan fingerprint density at radius 3 is 2.60 bits per heavy atom. The SMILES string of the molecule is Cc1cccc(C(C)N2CCCN(S(N)(=O)=O)CC2)c1. The van der Waals surface area contributed by atoms with Crippen LogP contribution >= 0.6 is 0 Å². The second kappa shape index (κ2) is 6.22. The maximum absolute atomic E-state index is 11.4. The molecule has 1 unspecified atom stereocenters. The van der Waals surface area contributed by atoms with Gasteiger partial charge in [-0.3, -0.25) is 4.90 Å². The summed E-state index contributed by atoms with van der Waals surface area (Å²) in [4.78, 5) is 2.32. The van der Waals surface area contributed by atoms with Crippen LogP contribution in [0.1, 0.15) is 30.5 Å². The van der Waals surface area contributed by atoms with E-state index in [1.165, 1.54) is 15.4 Å². The van der Waals surface area contributed by atoms with Gasteiger partial charge in [0, 0.05) is 32.2 Å². The van der Waals surface area contributed by atoms with E-state index in [0.717, 1.165) is 13.0 Å². The summed E-state index contributed by atoms with van der Waals surface area (Å²) in [6.07, 6.45) is 0.812. The maximum Gasteiger partial charge on any atom is 0.276 e. The van der Waals surface area contributed by atoms with Crippen LogP contribution in [0.5, 0.6) is 0 Å². The minimum absolute atomic E-state index is 0.287. The van der Waals surface area contributed by atoms with Gasteiger partial charge in [-0.2, -0.15) is 12.7 Å². The van der Waals surface area contributed by atoms with Gasteiger partial charge >= 0.3 is 0 Å². The summed E-state index contributed by atoms with van der Waals surface area (Å²) in [5.41, 5.74) is 2.52. The Morgan fingerprint density at radius 2 is 1.95 bits per heavy atom. The molecule has 1 saturated heterocycles. The van der Waals surface area contributed by atoms with E-state index in [2.05, 4.69) is 43.0 Å². The Kier molecular flexibility index (Phi) is 4.80. The van der Waals surface area contributed by atoms with Gasteiger partial charge in [0.15, 0.2) is 0 Å². The molecule has 1 heterocycles. The van der Waals surface area contributed by atoms with Crippen molar-refractivity contribution >= 4 is 10.2 Å². The predicted molar refractivity (Wildman–Crippen MR) is 80.5 cm³/mol. The van der Waals surface area contributed by atoms with E-state index >= 15 is 0 Å². The monoisotopic (exact) mass is 297 g/mol. The van der Waals surface area contributed by atoms with Crippen molar-refractivity contribution < 1.29 is 8.42 Å². The molecule has 0 spiro atoms. The van der Waals surface area contributed by atoms with E-state index < -0.39 is 10.2 Å². The fourth-order valence-electron chi connectivity index (χ4n) is 2.70. The van der Waals surface area contributed by atoms with Gasteiger partial charge < -0.3 is 0 Å². The highest BCUT2D eigenvalue weighted by Crippen LogP contribution is 2.22. The third-order valence-electron chi connectivity index (χ3n) is 3.92. The molecule has 1 aromatic rings. The normalized spacial score (nSPS) is 20.6. The first-order valence-corrected chi connectivity index (χ1v) is 8.47. The molecule has 1 aliphatic rings. The molecule has 1 fully saturated rings. The first-order valence-electron chi connectivity index (χ1n) is 6.96. The minimum atomic E-state index is -3.56. The summed E-state index contributed by atoms with van der Waals surface area (Å²) in [5, 5.41) is 5.21. The van der Waals surface area contributed by atoms with Crippen molar-refractivity contribution in [2.45, 2.75) is 26.3 Å². The number of nitrogens with zero attached hydrogens (tertiary/aromatic N) is 2. The van der Waals surface area contributed by atoms with Crippen LogP contribution in [-0.2, 0) is 10.2 Å². The van der Waals surface area contributed by atoms with Gasteiger partial charge in [-0.25, -0.2) is 5.14 Å². The van der Waals surface area contributed by atoms with Crippen LogP contribution in [0.25, 0.3) is 0 Å². The van der Waals surface area contributed by atoms with E-state index in [-0.39, 0.29) is 6.04 Å². The van der Waals surface area contributed by atoms with Crippen molar-refractivity contribution in [2.75, 3.05) is 26.2 Å². The molecule has 5 nitrogen and oxygen atoms in total. The Labute approximate surface area is 121 Å². The van der Waals surface area contributed by atoms with Gasteiger partial charge in [-0.15, -0.1) is 0 Å². The average Bonchev–Trinajstić information content (AvgIpc) is 2.63. The van der Waals surface area contributed by atoms with Gasteiger partial charge in [0.05, 0.1) is 0 Å². The van der Waals surface area contributed by atoms with Gasteiger partial charge in [-0.05, 0) is 25.8 Å². The summed E-state index contributed by atoms with van der Waals surface area (Å²) < 4.78 is 24.2. The molecule has 1 aromatic carbocycles. The van der Waals surface area contributed by atoms with Crippen molar-refractivity contribution in [1.82, 2.24) is 9.21 Å². The number of hydrogen-bond donors (Lipinski definition) is 1. The van der Waals surface area contributed by atoms with Crippen LogP contribution in [0.2, 0.25) is 0 Å². The third kappa shape index (κ3) is 3.79. The van der Waals surface area contributed by atoms with E-state index in [1.54, 1.807) is 0 Å². The molecule has 0 amide bonds. The number of hydrogen-bond acceptors (Lipinski definition) is 3. The lowest BCUT2D eigenvalue weighted by Gasteiger charge is -2.28. The van der Waals surface area contributed by atoms with Crippen molar-refractivity contribution in [2.24, 2.45) is 5.14 Å². The Hall–Kier alpha value is -0.950. The number of nitrogens with two attached hydrogens (primary N) is 1. The molecular formula is C14H23N3O2S. The van der Waals surface area contributed by atoms with Crippen LogP contribution in [0.3, 0.4) is 0 Å². The smallest absolute Gasteiger partial charge is 0.276 e. The molecule has 2 rings (SSSR count). The molecule has 2 N–H and O–H groups in total. The first kappa shape index (κ1) is 15.4. The van der Waals surface area contributed by atoms with Crippen LogP contribution in [0.4, 0.5) is 0 Å². The van der Waals surface area contributed by atoms with Gasteiger partial charge in [0.2, 0.25) is 0 Å². The fraction of sp³-hybridized carbons (Fsp3) is 0.571. The fourth-order valence-corrected chi connectivity index (χ4v) is 3.42. The first-order chi connectivity index (χ1) is 9.38. The summed E-state index contributed by atoms with van der Waals surface area (Å²) >= 11 is 0. The standard InChI is InChI=1S/C14H23N3O2S/c1-12-5-3-6-14(11-12)13(2)16-7-4-8-17(10-9-16)20(15,18)19/h3,5-6,11,13H,4,7-10H2,1-2H3,(H2,15,18,19). The Morgan fingerprint density at radius 1 is 1.20 bits per heavy atom. The van der Waals surface area contributed by atoms with Crippen molar-refractivity contribution in [1.29, 1.82) is 0 Å². The largest absolute Gasteiger partial charge is 0.295 e. The second-order valence-electron chi connectivity index (χ2n) is 5.42. The summed E-state index contributed by atoms with van der Waals surface area (Å²) in [7, 11) is -3.56. The van der Waals surface area contributed by atoms with Gasteiger partial charge in [-0.1, -0.05) is 29.8 Å². The molecule has 1 aliphatic heterocycles. The van der Waals surface area contributed by atoms with Crippen LogP contribution in [0.15, 0.2) is 24.3 Å². The van der Waals surface area contributed by atoms with E-state index in [9.17, 15) is 8.42 Å². The molecule has 0 aliphatic carbocycles. The quantitative estimate of drug-likeness (QED) is 0.913. The highest BCUT2D eigenvalue weighted by atomic mass is 32.2. The van der Waals surface area contributed by atoms with E-state index in [0.29, 0.717) is 19.6 Å². The Bertz CT molecular complexity index is 559. The lowest BCUT2D eigenvalue weighted by Crippen LogP contribution is -2.39. The topological polar surface area (TPSA) is 66.6 Å². The molecule has 112 valence electrons. The minimum Gasteiger partial charge on any atom is -0.295 e. The molecular weight excluding hydrogens is 274 g/mol. The zero-order valence-corrected chi connectivity index (χ0v) is 12.9. The van der Waals surface area contributed by atoms with Crippen molar-refractivity contribution in [3.8, 4) is 0 Å². The van der Waals surface area contributed by atoms with E-state index in [4.69, 9.17) is 5.14 Å². The van der Waals surface area contributed by atoms with E-state index in [1.807, 2.05) is 0 Å².